The third-order valence-electron chi connectivity index (χ3n) is 5.15. The molecule has 0 amide bonds. The van der Waals surface area contributed by atoms with Crippen LogP contribution in [0, 0.1) is 0 Å². The number of H-pyrrole nitrogens is 1. The molecule has 0 atom stereocenters. The summed E-state index contributed by atoms with van der Waals surface area (Å²) in [7, 11) is 1.65. The van der Waals surface area contributed by atoms with E-state index in [-0.39, 0.29) is 0 Å². The predicted molar refractivity (Wildman–Crippen MR) is 121 cm³/mol. The molecule has 1 saturated heterocycles. The van der Waals surface area contributed by atoms with Crippen LogP contribution >= 0.6 is 0 Å². The summed E-state index contributed by atoms with van der Waals surface area (Å²) in [5.74, 6) is 4.11. The Morgan fingerprint density at radius 1 is 1.13 bits per heavy atom. The Morgan fingerprint density at radius 2 is 1.94 bits per heavy atom. The first-order valence-electron chi connectivity index (χ1n) is 10.5. The molecule has 0 spiro atoms. The van der Waals surface area contributed by atoms with E-state index in [0.717, 1.165) is 61.6 Å². The molecule has 9 nitrogen and oxygen atoms in total. The Balaban J connectivity index is 1.38. The number of guanidine groups is 1. The third kappa shape index (κ3) is 5.11. The molecule has 0 unspecified atom stereocenters. The van der Waals surface area contributed by atoms with Crippen LogP contribution in [0.15, 0.2) is 53.7 Å². The van der Waals surface area contributed by atoms with Gasteiger partial charge < -0.3 is 19.9 Å². The standard InChI is InChI=1S/C22H28N8O/c1-3-23-22(30-14-12-29(13-15-30)20-6-4-5-11-24-20)25-16-19-26-21(28-27-19)17-7-9-18(31-2)10-8-17/h4-11H,3,12-16H2,1-2H3,(H,23,25)(H,26,27,28). The molecule has 9 heteroatoms. The van der Waals surface area contributed by atoms with Crippen LogP contribution in [0.5, 0.6) is 5.75 Å². The number of aromatic amines is 1. The number of hydrogen-bond acceptors (Lipinski definition) is 6. The van der Waals surface area contributed by atoms with Crippen molar-refractivity contribution < 1.29 is 4.74 Å². The Bertz CT molecular complexity index is 978. The van der Waals surface area contributed by atoms with Crippen molar-refractivity contribution in [1.82, 2.24) is 30.4 Å². The highest BCUT2D eigenvalue weighted by Gasteiger charge is 2.20. The van der Waals surface area contributed by atoms with Crippen molar-refractivity contribution in [3.8, 4) is 17.1 Å². The monoisotopic (exact) mass is 420 g/mol. The summed E-state index contributed by atoms with van der Waals surface area (Å²) >= 11 is 0. The summed E-state index contributed by atoms with van der Waals surface area (Å²) in [4.78, 5) is 18.4. The first kappa shape index (κ1) is 20.6. The van der Waals surface area contributed by atoms with Crippen molar-refractivity contribution in [2.24, 2.45) is 4.99 Å². The first-order chi connectivity index (χ1) is 15.3. The molecule has 0 saturated carbocycles. The molecule has 4 rings (SSSR count). The number of nitrogens with zero attached hydrogens (tertiary/aromatic N) is 6. The van der Waals surface area contributed by atoms with Crippen LogP contribution in [0.3, 0.4) is 0 Å². The smallest absolute Gasteiger partial charge is 0.194 e. The molecule has 0 bridgehead atoms. The number of methoxy groups -OCH3 is 1. The lowest BCUT2D eigenvalue weighted by Gasteiger charge is -2.37. The van der Waals surface area contributed by atoms with Crippen LogP contribution < -0.4 is 15.0 Å². The number of pyridine rings is 1. The van der Waals surface area contributed by atoms with Gasteiger partial charge in [-0.1, -0.05) is 6.07 Å². The van der Waals surface area contributed by atoms with E-state index in [0.29, 0.717) is 12.4 Å². The number of hydrogen-bond donors (Lipinski definition) is 2. The predicted octanol–water partition coefficient (Wildman–Crippen LogP) is 2.16. The van der Waals surface area contributed by atoms with Crippen LogP contribution in [0.2, 0.25) is 0 Å². The summed E-state index contributed by atoms with van der Waals surface area (Å²) < 4.78 is 5.20. The molecule has 1 aliphatic heterocycles. The van der Waals surface area contributed by atoms with E-state index >= 15 is 0 Å². The van der Waals surface area contributed by atoms with Crippen molar-refractivity contribution in [2.75, 3.05) is 44.7 Å². The van der Waals surface area contributed by atoms with Gasteiger partial charge in [-0.25, -0.2) is 15.0 Å². The molecule has 3 heterocycles. The van der Waals surface area contributed by atoms with Crippen LogP contribution in [0.1, 0.15) is 12.7 Å². The second-order valence-electron chi connectivity index (χ2n) is 7.17. The van der Waals surface area contributed by atoms with Gasteiger partial charge in [-0.3, -0.25) is 5.10 Å². The van der Waals surface area contributed by atoms with Crippen molar-refractivity contribution in [1.29, 1.82) is 0 Å². The molecule has 31 heavy (non-hydrogen) atoms. The maximum atomic E-state index is 5.20. The quantitative estimate of drug-likeness (QED) is 0.466. The molecule has 0 radical (unpaired) electrons. The SMILES string of the molecule is CCNC(=NCc1nc(-c2ccc(OC)cc2)n[nH]1)N1CCN(c2ccccn2)CC1. The highest BCUT2D eigenvalue weighted by molar-refractivity contribution is 5.80. The molecule has 162 valence electrons. The minimum atomic E-state index is 0.436. The Labute approximate surface area is 182 Å². The van der Waals surface area contributed by atoms with E-state index in [1.165, 1.54) is 0 Å². The number of ether oxygens (including phenoxy) is 1. The molecule has 1 aliphatic rings. The van der Waals surface area contributed by atoms with E-state index in [4.69, 9.17) is 9.73 Å². The molecule has 2 aromatic heterocycles. The van der Waals surface area contributed by atoms with Gasteiger partial charge in [0.1, 0.15) is 23.9 Å². The van der Waals surface area contributed by atoms with Gasteiger partial charge in [0.05, 0.1) is 7.11 Å². The zero-order valence-corrected chi connectivity index (χ0v) is 18.0. The van der Waals surface area contributed by atoms with Crippen molar-refractivity contribution in [2.45, 2.75) is 13.5 Å². The fourth-order valence-corrected chi connectivity index (χ4v) is 3.50. The highest BCUT2D eigenvalue weighted by Crippen LogP contribution is 2.19. The number of benzene rings is 1. The van der Waals surface area contributed by atoms with Gasteiger partial charge in [0.25, 0.3) is 0 Å². The van der Waals surface area contributed by atoms with E-state index in [2.05, 4.69) is 48.3 Å². The number of aromatic nitrogens is 4. The Kier molecular flexibility index (Phi) is 6.61. The lowest BCUT2D eigenvalue weighted by Crippen LogP contribution is -2.52. The van der Waals surface area contributed by atoms with Crippen LogP contribution in [-0.2, 0) is 6.54 Å². The van der Waals surface area contributed by atoms with Gasteiger partial charge >= 0.3 is 0 Å². The molecule has 3 aromatic rings. The second-order valence-corrected chi connectivity index (χ2v) is 7.17. The topological polar surface area (TPSA) is 94.6 Å². The third-order valence-corrected chi connectivity index (χ3v) is 5.15. The molecule has 1 fully saturated rings. The second kappa shape index (κ2) is 9.92. The minimum Gasteiger partial charge on any atom is -0.497 e. The minimum absolute atomic E-state index is 0.436. The molecular formula is C22H28N8O. The summed E-state index contributed by atoms with van der Waals surface area (Å²) in [6.45, 7) is 6.91. The number of anilines is 1. The normalized spacial score (nSPS) is 14.6. The van der Waals surface area contributed by atoms with Gasteiger partial charge in [0, 0.05) is 44.5 Å². The van der Waals surface area contributed by atoms with Crippen molar-refractivity contribution >= 4 is 11.8 Å². The van der Waals surface area contributed by atoms with Crippen molar-refractivity contribution in [3.05, 3.63) is 54.5 Å². The molecular weight excluding hydrogens is 392 g/mol. The summed E-state index contributed by atoms with van der Waals surface area (Å²) in [6, 6.07) is 13.7. The molecule has 0 aliphatic carbocycles. The zero-order valence-electron chi connectivity index (χ0n) is 18.0. The van der Waals surface area contributed by atoms with Gasteiger partial charge in [-0.05, 0) is 43.3 Å². The molecule has 2 N–H and O–H groups in total. The van der Waals surface area contributed by atoms with E-state index < -0.39 is 0 Å². The van der Waals surface area contributed by atoms with Crippen LogP contribution in [0.4, 0.5) is 5.82 Å². The summed E-state index contributed by atoms with van der Waals surface area (Å²) in [5, 5.41) is 10.7. The lowest BCUT2D eigenvalue weighted by atomic mass is 10.2. The van der Waals surface area contributed by atoms with Gasteiger partial charge in [-0.15, -0.1) is 0 Å². The first-order valence-corrected chi connectivity index (χ1v) is 10.5. The van der Waals surface area contributed by atoms with Gasteiger partial charge in [-0.2, -0.15) is 5.10 Å². The van der Waals surface area contributed by atoms with E-state index in [1.54, 1.807) is 7.11 Å². The van der Waals surface area contributed by atoms with Crippen LogP contribution in [0.25, 0.3) is 11.4 Å². The van der Waals surface area contributed by atoms with E-state index in [9.17, 15) is 0 Å². The maximum Gasteiger partial charge on any atom is 0.194 e. The van der Waals surface area contributed by atoms with Crippen LogP contribution in [-0.4, -0.2) is 70.9 Å². The largest absolute Gasteiger partial charge is 0.497 e. The Hall–Kier alpha value is -3.62. The average Bonchev–Trinajstić information content (AvgIpc) is 3.31. The Morgan fingerprint density at radius 3 is 2.61 bits per heavy atom. The fourth-order valence-electron chi connectivity index (χ4n) is 3.50. The fraction of sp³-hybridized carbons (Fsp3) is 0.364. The lowest BCUT2D eigenvalue weighted by molar-refractivity contribution is 0.371. The number of nitrogens with one attached hydrogen (secondary N) is 2. The van der Waals surface area contributed by atoms with Crippen molar-refractivity contribution in [3.63, 3.8) is 0 Å². The van der Waals surface area contributed by atoms with Gasteiger partial charge in [0.2, 0.25) is 0 Å². The number of rotatable bonds is 6. The number of aliphatic imine (C=N–C) groups is 1. The zero-order chi connectivity index (χ0) is 21.5. The average molecular weight is 421 g/mol. The maximum absolute atomic E-state index is 5.20. The van der Waals surface area contributed by atoms with E-state index in [1.807, 2.05) is 42.6 Å². The van der Waals surface area contributed by atoms with Gasteiger partial charge in [0.15, 0.2) is 11.8 Å². The molecule has 1 aromatic carbocycles. The summed E-state index contributed by atoms with van der Waals surface area (Å²) in [6.07, 6.45) is 1.84. The summed E-state index contributed by atoms with van der Waals surface area (Å²) in [5.41, 5.74) is 0.935. The highest BCUT2D eigenvalue weighted by atomic mass is 16.5. The number of piperazine rings is 1.